The maximum atomic E-state index is 9.08. The Labute approximate surface area is 50.7 Å². The smallest absolute Gasteiger partial charge is 0.0542 e. The maximum Gasteiger partial charge on any atom is 0.0542 e. The normalized spacial score (nSPS) is 39.8. The van der Waals surface area contributed by atoms with Gasteiger partial charge in [-0.3, -0.25) is 0 Å². The van der Waals surface area contributed by atoms with Gasteiger partial charge in [-0.1, -0.05) is 19.8 Å². The predicted molar refractivity (Wildman–Crippen MR) is 33.6 cm³/mol. The SMILES string of the molecule is CC1CCC[C@H](O)C1. The van der Waals surface area contributed by atoms with Gasteiger partial charge < -0.3 is 5.11 Å². The van der Waals surface area contributed by atoms with Gasteiger partial charge in [0.05, 0.1) is 6.10 Å². The topological polar surface area (TPSA) is 20.2 Å². The molecule has 0 aromatic carbocycles. The van der Waals surface area contributed by atoms with E-state index in [1.54, 1.807) is 0 Å². The van der Waals surface area contributed by atoms with Gasteiger partial charge in [0.25, 0.3) is 0 Å². The van der Waals surface area contributed by atoms with E-state index in [9.17, 15) is 0 Å². The van der Waals surface area contributed by atoms with Gasteiger partial charge in [0.2, 0.25) is 0 Å². The van der Waals surface area contributed by atoms with Crippen LogP contribution < -0.4 is 0 Å². The predicted octanol–water partition coefficient (Wildman–Crippen LogP) is 1.56. The number of rotatable bonds is 0. The molecule has 0 heterocycles. The first-order valence-corrected chi connectivity index (χ1v) is 3.47. The Morgan fingerprint density at radius 3 is 2.50 bits per heavy atom. The minimum absolute atomic E-state index is 0.0127. The first kappa shape index (κ1) is 6.09. The van der Waals surface area contributed by atoms with E-state index in [1.165, 1.54) is 12.8 Å². The maximum absolute atomic E-state index is 9.08. The summed E-state index contributed by atoms with van der Waals surface area (Å²) in [6, 6.07) is 0. The fourth-order valence-corrected chi connectivity index (χ4v) is 1.40. The molecule has 8 heavy (non-hydrogen) atoms. The van der Waals surface area contributed by atoms with Crippen molar-refractivity contribution in [2.24, 2.45) is 5.92 Å². The Morgan fingerprint density at radius 2 is 2.12 bits per heavy atom. The molecule has 1 rings (SSSR count). The summed E-state index contributed by atoms with van der Waals surface area (Å²) in [7, 11) is 0. The van der Waals surface area contributed by atoms with Gasteiger partial charge in [-0.05, 0) is 18.8 Å². The first-order chi connectivity index (χ1) is 3.79. The number of hydrogen-bond acceptors (Lipinski definition) is 1. The summed E-state index contributed by atoms with van der Waals surface area (Å²) in [5.41, 5.74) is 0. The molecule has 48 valence electrons. The van der Waals surface area contributed by atoms with E-state index in [2.05, 4.69) is 6.92 Å². The summed E-state index contributed by atoms with van der Waals surface area (Å²) >= 11 is 0. The highest BCUT2D eigenvalue weighted by atomic mass is 16.3. The summed E-state index contributed by atoms with van der Waals surface area (Å²) in [4.78, 5) is 0. The highest BCUT2D eigenvalue weighted by Crippen LogP contribution is 2.22. The molecule has 0 aromatic rings. The van der Waals surface area contributed by atoms with Crippen LogP contribution in [0.25, 0.3) is 0 Å². The van der Waals surface area contributed by atoms with Gasteiger partial charge in [0.15, 0.2) is 0 Å². The second-order valence-corrected chi connectivity index (χ2v) is 2.93. The van der Waals surface area contributed by atoms with Crippen molar-refractivity contribution in [1.29, 1.82) is 0 Å². The third-order valence-electron chi connectivity index (χ3n) is 1.91. The van der Waals surface area contributed by atoms with Gasteiger partial charge in [0, 0.05) is 0 Å². The molecule has 0 bridgehead atoms. The van der Waals surface area contributed by atoms with Crippen LogP contribution in [0.1, 0.15) is 32.6 Å². The van der Waals surface area contributed by atoms with E-state index in [1.807, 2.05) is 0 Å². The van der Waals surface area contributed by atoms with E-state index in [4.69, 9.17) is 5.11 Å². The standard InChI is InChI=1S/C7H14O/c1-6-3-2-4-7(8)5-6/h6-8H,2-5H2,1H3/t6?,7-/m0/s1. The van der Waals surface area contributed by atoms with Gasteiger partial charge in [-0.2, -0.15) is 0 Å². The van der Waals surface area contributed by atoms with Crippen LogP contribution in [0.4, 0.5) is 0 Å². The van der Waals surface area contributed by atoms with Crippen molar-refractivity contribution < 1.29 is 5.11 Å². The minimum Gasteiger partial charge on any atom is -0.393 e. The van der Waals surface area contributed by atoms with E-state index in [0.29, 0.717) is 0 Å². The molecule has 1 fully saturated rings. The van der Waals surface area contributed by atoms with Crippen molar-refractivity contribution in [2.75, 3.05) is 0 Å². The average Bonchev–Trinajstić information content (AvgIpc) is 1.64. The lowest BCUT2D eigenvalue weighted by Crippen LogP contribution is -2.16. The molecule has 2 atom stereocenters. The molecule has 1 heteroatoms. The number of aliphatic hydroxyl groups excluding tert-OH is 1. The van der Waals surface area contributed by atoms with Crippen molar-refractivity contribution in [3.05, 3.63) is 0 Å². The van der Waals surface area contributed by atoms with Crippen molar-refractivity contribution in [1.82, 2.24) is 0 Å². The van der Waals surface area contributed by atoms with Gasteiger partial charge in [-0.25, -0.2) is 0 Å². The average molecular weight is 114 g/mol. The first-order valence-electron chi connectivity index (χ1n) is 3.47. The highest BCUT2D eigenvalue weighted by molar-refractivity contribution is 4.67. The summed E-state index contributed by atoms with van der Waals surface area (Å²) in [6.07, 6.45) is 4.61. The second kappa shape index (κ2) is 2.49. The summed E-state index contributed by atoms with van der Waals surface area (Å²) in [5, 5.41) is 9.08. The minimum atomic E-state index is 0.0127. The molecule has 0 spiro atoms. The van der Waals surface area contributed by atoms with Crippen molar-refractivity contribution >= 4 is 0 Å². The van der Waals surface area contributed by atoms with E-state index < -0.39 is 0 Å². The molecule has 0 saturated heterocycles. The zero-order valence-corrected chi connectivity index (χ0v) is 5.43. The molecule has 1 aliphatic carbocycles. The molecule has 1 aliphatic rings. The second-order valence-electron chi connectivity index (χ2n) is 2.93. The lowest BCUT2D eigenvalue weighted by atomic mass is 9.89. The summed E-state index contributed by atoms with van der Waals surface area (Å²) in [6.45, 7) is 2.21. The van der Waals surface area contributed by atoms with Crippen LogP contribution in [0.3, 0.4) is 0 Å². The Bertz CT molecular complexity index is 62.8. The summed E-state index contributed by atoms with van der Waals surface area (Å²) < 4.78 is 0. The van der Waals surface area contributed by atoms with Gasteiger partial charge in [-0.15, -0.1) is 0 Å². The van der Waals surface area contributed by atoms with Crippen molar-refractivity contribution in [2.45, 2.75) is 38.7 Å². The monoisotopic (exact) mass is 114 g/mol. The molecule has 1 nitrogen and oxygen atoms in total. The molecule has 0 radical (unpaired) electrons. The van der Waals surface area contributed by atoms with Crippen LogP contribution in [0.5, 0.6) is 0 Å². The van der Waals surface area contributed by atoms with Crippen LogP contribution in [0.2, 0.25) is 0 Å². The van der Waals surface area contributed by atoms with E-state index in [-0.39, 0.29) is 6.10 Å². The van der Waals surface area contributed by atoms with E-state index >= 15 is 0 Å². The Morgan fingerprint density at radius 1 is 1.38 bits per heavy atom. The van der Waals surface area contributed by atoms with Crippen molar-refractivity contribution in [3.63, 3.8) is 0 Å². The fraction of sp³-hybridized carbons (Fsp3) is 1.00. The Hall–Kier alpha value is -0.0400. The molecule has 0 amide bonds. The third kappa shape index (κ3) is 1.48. The molecular formula is C7H14O. The Balaban J connectivity index is 2.23. The largest absolute Gasteiger partial charge is 0.393 e. The van der Waals surface area contributed by atoms with Crippen LogP contribution in [0, 0.1) is 5.92 Å². The zero-order valence-electron chi connectivity index (χ0n) is 5.43. The Kier molecular flexibility index (Phi) is 1.90. The van der Waals surface area contributed by atoms with Crippen LogP contribution in [-0.2, 0) is 0 Å². The quantitative estimate of drug-likeness (QED) is 0.506. The lowest BCUT2D eigenvalue weighted by molar-refractivity contribution is 0.106. The molecule has 1 N–H and O–H groups in total. The van der Waals surface area contributed by atoms with Gasteiger partial charge in [0.1, 0.15) is 0 Å². The number of aliphatic hydroxyl groups is 1. The molecule has 1 unspecified atom stereocenters. The molecule has 0 aliphatic heterocycles. The molecule has 0 aromatic heterocycles. The van der Waals surface area contributed by atoms with E-state index in [0.717, 1.165) is 18.8 Å². The summed E-state index contributed by atoms with van der Waals surface area (Å²) in [5.74, 6) is 0.763. The number of hydrogen-bond donors (Lipinski definition) is 1. The van der Waals surface area contributed by atoms with Crippen LogP contribution in [-0.4, -0.2) is 11.2 Å². The highest BCUT2D eigenvalue weighted by Gasteiger charge is 2.15. The van der Waals surface area contributed by atoms with Crippen LogP contribution in [0.15, 0.2) is 0 Å². The molecular weight excluding hydrogens is 100 g/mol. The third-order valence-corrected chi connectivity index (χ3v) is 1.91. The molecule has 1 saturated carbocycles. The van der Waals surface area contributed by atoms with Crippen LogP contribution >= 0.6 is 0 Å². The lowest BCUT2D eigenvalue weighted by Gasteiger charge is -2.21. The fourth-order valence-electron chi connectivity index (χ4n) is 1.40. The zero-order chi connectivity index (χ0) is 5.98. The van der Waals surface area contributed by atoms with Crippen molar-refractivity contribution in [3.8, 4) is 0 Å². The van der Waals surface area contributed by atoms with Gasteiger partial charge >= 0.3 is 0 Å².